The summed E-state index contributed by atoms with van der Waals surface area (Å²) in [6.07, 6.45) is 2.20. The van der Waals surface area contributed by atoms with Gasteiger partial charge in [0.1, 0.15) is 5.75 Å². The minimum Gasteiger partial charge on any atom is -0.483 e. The first-order valence-electron chi connectivity index (χ1n) is 10.2. The summed E-state index contributed by atoms with van der Waals surface area (Å²) < 4.78 is 5.84. The highest BCUT2D eigenvalue weighted by Crippen LogP contribution is 2.22. The monoisotopic (exact) mass is 380 g/mol. The Morgan fingerprint density at radius 3 is 2.36 bits per heavy atom. The Morgan fingerprint density at radius 2 is 1.68 bits per heavy atom. The zero-order valence-electron chi connectivity index (χ0n) is 17.3. The molecule has 1 N–H and O–H groups in total. The van der Waals surface area contributed by atoms with Crippen LogP contribution < -0.4 is 10.1 Å². The molecular formula is C24H32N2O2. The second kappa shape index (κ2) is 9.24. The third kappa shape index (κ3) is 5.59. The van der Waals surface area contributed by atoms with Crippen molar-refractivity contribution in [2.24, 2.45) is 0 Å². The number of hydrogen-bond acceptors (Lipinski definition) is 3. The van der Waals surface area contributed by atoms with Gasteiger partial charge in [0.15, 0.2) is 6.61 Å². The number of benzene rings is 2. The smallest absolute Gasteiger partial charge is 0.260 e. The summed E-state index contributed by atoms with van der Waals surface area (Å²) in [5.74, 6) is 0.866. The van der Waals surface area contributed by atoms with Gasteiger partial charge < -0.3 is 15.0 Å². The number of rotatable bonds is 7. The number of nitrogens with zero attached hydrogens (tertiary/aromatic N) is 1. The van der Waals surface area contributed by atoms with E-state index >= 15 is 0 Å². The fourth-order valence-corrected chi connectivity index (χ4v) is 3.45. The van der Waals surface area contributed by atoms with E-state index in [0.29, 0.717) is 6.54 Å². The maximum absolute atomic E-state index is 12.2. The van der Waals surface area contributed by atoms with Gasteiger partial charge in [-0.3, -0.25) is 4.79 Å². The van der Waals surface area contributed by atoms with Crippen LogP contribution in [0.5, 0.6) is 5.75 Å². The van der Waals surface area contributed by atoms with Crippen molar-refractivity contribution in [1.82, 2.24) is 10.2 Å². The van der Waals surface area contributed by atoms with E-state index < -0.39 is 0 Å². The van der Waals surface area contributed by atoms with Crippen LogP contribution in [0.4, 0.5) is 0 Å². The second-order valence-electron chi connectivity index (χ2n) is 8.53. The molecule has 2 aromatic rings. The molecule has 1 amide bonds. The molecule has 0 aliphatic carbocycles. The molecule has 1 aliphatic rings. The molecule has 4 nitrogen and oxygen atoms in total. The predicted octanol–water partition coefficient (Wildman–Crippen LogP) is 4.28. The standard InChI is InChI=1S/C24H32N2O2/c1-24(2,3)21-12-10-19(11-13-21)16-25-17-20-8-4-5-9-22(20)28-18-23(27)26-14-6-7-15-26/h4-5,8-13,25H,6-7,14-18H2,1-3H3. The van der Waals surface area contributed by atoms with Crippen molar-refractivity contribution in [2.75, 3.05) is 19.7 Å². The Hall–Kier alpha value is -2.33. The molecule has 0 atom stereocenters. The summed E-state index contributed by atoms with van der Waals surface area (Å²) in [6, 6.07) is 16.7. The van der Waals surface area contributed by atoms with Crippen LogP contribution in [0.25, 0.3) is 0 Å². The third-order valence-corrected chi connectivity index (χ3v) is 5.25. The van der Waals surface area contributed by atoms with Crippen molar-refractivity contribution in [1.29, 1.82) is 0 Å². The topological polar surface area (TPSA) is 41.6 Å². The number of carbonyl (C=O) groups is 1. The van der Waals surface area contributed by atoms with Gasteiger partial charge in [-0.05, 0) is 35.4 Å². The maximum Gasteiger partial charge on any atom is 0.260 e. The molecule has 150 valence electrons. The molecule has 1 aliphatic heterocycles. The van der Waals surface area contributed by atoms with E-state index in [2.05, 4.69) is 50.4 Å². The van der Waals surface area contributed by atoms with Crippen LogP contribution in [0.2, 0.25) is 0 Å². The van der Waals surface area contributed by atoms with Crippen molar-refractivity contribution < 1.29 is 9.53 Å². The highest BCUT2D eigenvalue weighted by atomic mass is 16.5. The van der Waals surface area contributed by atoms with Crippen LogP contribution in [-0.2, 0) is 23.3 Å². The molecule has 3 rings (SSSR count). The van der Waals surface area contributed by atoms with Crippen LogP contribution in [0.3, 0.4) is 0 Å². The lowest BCUT2D eigenvalue weighted by atomic mass is 9.87. The van der Waals surface area contributed by atoms with Crippen LogP contribution in [0.1, 0.15) is 50.3 Å². The molecule has 2 aromatic carbocycles. The molecule has 1 heterocycles. The molecule has 0 aromatic heterocycles. The fraction of sp³-hybridized carbons (Fsp3) is 0.458. The van der Waals surface area contributed by atoms with E-state index in [9.17, 15) is 4.79 Å². The zero-order valence-corrected chi connectivity index (χ0v) is 17.3. The first kappa shape index (κ1) is 20.4. The van der Waals surface area contributed by atoms with Gasteiger partial charge >= 0.3 is 0 Å². The molecule has 0 saturated carbocycles. The number of carbonyl (C=O) groups excluding carboxylic acids is 1. The second-order valence-corrected chi connectivity index (χ2v) is 8.53. The summed E-state index contributed by atoms with van der Waals surface area (Å²) in [5, 5.41) is 3.48. The highest BCUT2D eigenvalue weighted by molar-refractivity contribution is 5.78. The molecule has 1 saturated heterocycles. The third-order valence-electron chi connectivity index (χ3n) is 5.25. The fourth-order valence-electron chi connectivity index (χ4n) is 3.45. The van der Waals surface area contributed by atoms with Crippen molar-refractivity contribution in [3.8, 4) is 5.75 Å². The predicted molar refractivity (Wildman–Crippen MR) is 113 cm³/mol. The van der Waals surface area contributed by atoms with Gasteiger partial charge in [-0.25, -0.2) is 0 Å². The summed E-state index contributed by atoms with van der Waals surface area (Å²) in [5.41, 5.74) is 3.85. The lowest BCUT2D eigenvalue weighted by Gasteiger charge is -2.19. The lowest BCUT2D eigenvalue weighted by molar-refractivity contribution is -0.132. The van der Waals surface area contributed by atoms with Gasteiger partial charge in [0.2, 0.25) is 0 Å². The van der Waals surface area contributed by atoms with Gasteiger partial charge in [-0.1, -0.05) is 63.2 Å². The van der Waals surface area contributed by atoms with Crippen LogP contribution in [0, 0.1) is 0 Å². The molecule has 0 unspecified atom stereocenters. The first-order valence-corrected chi connectivity index (χ1v) is 10.2. The molecule has 0 radical (unpaired) electrons. The zero-order chi connectivity index (χ0) is 20.0. The van der Waals surface area contributed by atoms with Crippen LogP contribution in [-0.4, -0.2) is 30.5 Å². The van der Waals surface area contributed by atoms with Crippen molar-refractivity contribution >= 4 is 5.91 Å². The van der Waals surface area contributed by atoms with Crippen molar-refractivity contribution in [2.45, 2.75) is 52.1 Å². The van der Waals surface area contributed by atoms with E-state index in [1.165, 1.54) is 11.1 Å². The summed E-state index contributed by atoms with van der Waals surface area (Å²) in [4.78, 5) is 14.1. The molecular weight excluding hydrogens is 348 g/mol. The number of likely N-dealkylation sites (tertiary alicyclic amines) is 1. The SMILES string of the molecule is CC(C)(C)c1ccc(CNCc2ccccc2OCC(=O)N2CCCC2)cc1. The molecule has 1 fully saturated rings. The van der Waals surface area contributed by atoms with Gasteiger partial charge in [0, 0.05) is 31.7 Å². The molecule has 28 heavy (non-hydrogen) atoms. The van der Waals surface area contributed by atoms with Crippen LogP contribution in [0.15, 0.2) is 48.5 Å². The summed E-state index contributed by atoms with van der Waals surface area (Å²) >= 11 is 0. The number of amides is 1. The van der Waals surface area contributed by atoms with Gasteiger partial charge in [0.25, 0.3) is 5.91 Å². The minimum absolute atomic E-state index is 0.0826. The van der Waals surface area contributed by atoms with E-state index in [-0.39, 0.29) is 17.9 Å². The highest BCUT2D eigenvalue weighted by Gasteiger charge is 2.18. The Bertz CT molecular complexity index is 772. The molecule has 0 bridgehead atoms. The van der Waals surface area contributed by atoms with E-state index in [1.807, 2.05) is 29.2 Å². The Balaban J connectivity index is 1.51. The Morgan fingerprint density at radius 1 is 1.00 bits per heavy atom. The van der Waals surface area contributed by atoms with Gasteiger partial charge in [-0.2, -0.15) is 0 Å². The van der Waals surface area contributed by atoms with Crippen molar-refractivity contribution in [3.05, 3.63) is 65.2 Å². The number of para-hydroxylation sites is 1. The number of nitrogens with one attached hydrogen (secondary N) is 1. The van der Waals surface area contributed by atoms with Crippen molar-refractivity contribution in [3.63, 3.8) is 0 Å². The van der Waals surface area contributed by atoms with E-state index in [0.717, 1.165) is 43.8 Å². The largest absolute Gasteiger partial charge is 0.483 e. The van der Waals surface area contributed by atoms with E-state index in [4.69, 9.17) is 4.74 Å². The van der Waals surface area contributed by atoms with Crippen LogP contribution >= 0.6 is 0 Å². The summed E-state index contributed by atoms with van der Waals surface area (Å²) in [7, 11) is 0. The Labute approximate surface area is 168 Å². The Kier molecular flexibility index (Phi) is 6.74. The molecule has 4 heteroatoms. The lowest BCUT2D eigenvalue weighted by Crippen LogP contribution is -2.32. The average Bonchev–Trinajstić information content (AvgIpc) is 3.22. The molecule has 0 spiro atoms. The van der Waals surface area contributed by atoms with Gasteiger partial charge in [0.05, 0.1) is 0 Å². The van der Waals surface area contributed by atoms with Gasteiger partial charge in [-0.15, -0.1) is 0 Å². The quantitative estimate of drug-likeness (QED) is 0.780. The summed E-state index contributed by atoms with van der Waals surface area (Å²) in [6.45, 7) is 10.0. The van der Waals surface area contributed by atoms with E-state index in [1.54, 1.807) is 0 Å². The maximum atomic E-state index is 12.2. The number of hydrogen-bond donors (Lipinski definition) is 1. The minimum atomic E-state index is 0.0826. The first-order chi connectivity index (χ1) is 13.4. The normalized spacial score (nSPS) is 14.3. The number of ether oxygens (including phenoxy) is 1. The average molecular weight is 381 g/mol.